The molecule has 1 aliphatic rings. The Morgan fingerprint density at radius 3 is 2.41 bits per heavy atom. The highest BCUT2D eigenvalue weighted by Gasteiger charge is 2.28. The average molecular weight is 346 g/mol. The first-order valence-electron chi connectivity index (χ1n) is 7.58. The molecule has 2 atom stereocenters. The fraction of sp³-hybridized carbons (Fsp3) is 0.562. The maximum absolute atomic E-state index is 12.4. The van der Waals surface area contributed by atoms with Crippen molar-refractivity contribution in [3.05, 3.63) is 29.3 Å². The van der Waals surface area contributed by atoms with E-state index in [1.807, 2.05) is 36.1 Å². The van der Waals surface area contributed by atoms with Gasteiger partial charge in [0, 0.05) is 26.2 Å². The molecule has 0 saturated carbocycles. The second kappa shape index (κ2) is 8.61. The Morgan fingerprint density at radius 2 is 1.86 bits per heavy atom. The van der Waals surface area contributed by atoms with Crippen LogP contribution < -0.4 is 10.6 Å². The molecule has 0 bridgehead atoms. The third-order valence-corrected chi connectivity index (χ3v) is 4.65. The average Bonchev–Trinajstić information content (AvgIpc) is 2.53. The molecule has 1 saturated heterocycles. The lowest BCUT2D eigenvalue weighted by atomic mass is 9.98. The van der Waals surface area contributed by atoms with Crippen molar-refractivity contribution in [2.75, 3.05) is 31.1 Å². The van der Waals surface area contributed by atoms with Crippen molar-refractivity contribution >= 4 is 35.6 Å². The molecule has 6 heteroatoms. The number of carbonyl (C=O) groups excluding carboxylic acids is 1. The molecule has 1 unspecified atom stereocenters. The summed E-state index contributed by atoms with van der Waals surface area (Å²) in [4.78, 5) is 16.5. The number of halogens is 2. The van der Waals surface area contributed by atoms with Crippen LogP contribution in [-0.2, 0) is 4.79 Å². The zero-order valence-electron chi connectivity index (χ0n) is 13.2. The van der Waals surface area contributed by atoms with Gasteiger partial charge in [0.25, 0.3) is 0 Å². The van der Waals surface area contributed by atoms with Crippen molar-refractivity contribution < 1.29 is 4.79 Å². The van der Waals surface area contributed by atoms with E-state index in [9.17, 15) is 4.79 Å². The second-order valence-corrected chi connectivity index (χ2v) is 6.08. The van der Waals surface area contributed by atoms with Gasteiger partial charge in [-0.1, -0.05) is 44.0 Å². The Hall–Kier alpha value is -0.970. The molecule has 1 aromatic carbocycles. The predicted octanol–water partition coefficient (Wildman–Crippen LogP) is 2.78. The van der Waals surface area contributed by atoms with E-state index in [1.54, 1.807) is 0 Å². The molecule has 22 heavy (non-hydrogen) atoms. The second-order valence-electron chi connectivity index (χ2n) is 5.68. The summed E-state index contributed by atoms with van der Waals surface area (Å²) < 4.78 is 0. The van der Waals surface area contributed by atoms with Crippen LogP contribution >= 0.6 is 24.0 Å². The monoisotopic (exact) mass is 345 g/mol. The molecule has 1 heterocycles. The molecule has 1 fully saturated rings. The summed E-state index contributed by atoms with van der Waals surface area (Å²) in [6, 6.07) is 7.44. The number of carbonyl (C=O) groups is 1. The number of hydrogen-bond acceptors (Lipinski definition) is 3. The van der Waals surface area contributed by atoms with Crippen molar-refractivity contribution in [2.24, 2.45) is 11.7 Å². The minimum atomic E-state index is -0.387. The number of piperazine rings is 1. The van der Waals surface area contributed by atoms with E-state index in [2.05, 4.69) is 11.8 Å². The zero-order valence-corrected chi connectivity index (χ0v) is 14.7. The Kier molecular flexibility index (Phi) is 7.46. The van der Waals surface area contributed by atoms with Gasteiger partial charge in [-0.15, -0.1) is 12.4 Å². The number of anilines is 1. The minimum Gasteiger partial charge on any atom is -0.367 e. The fourth-order valence-corrected chi connectivity index (χ4v) is 2.84. The van der Waals surface area contributed by atoms with E-state index < -0.39 is 0 Å². The van der Waals surface area contributed by atoms with Gasteiger partial charge in [-0.25, -0.2) is 0 Å². The van der Waals surface area contributed by atoms with Gasteiger partial charge >= 0.3 is 0 Å². The molecule has 0 spiro atoms. The number of rotatable bonds is 4. The summed E-state index contributed by atoms with van der Waals surface area (Å²) in [5, 5.41) is 0.758. The fourth-order valence-electron chi connectivity index (χ4n) is 2.58. The Labute approximate surface area is 144 Å². The number of nitrogens with zero attached hydrogens (tertiary/aromatic N) is 2. The molecule has 1 amide bonds. The molecular formula is C16H25Cl2N3O. The third-order valence-electron chi connectivity index (χ3n) is 4.33. The third kappa shape index (κ3) is 4.28. The largest absolute Gasteiger partial charge is 0.367 e. The van der Waals surface area contributed by atoms with E-state index in [0.29, 0.717) is 13.1 Å². The van der Waals surface area contributed by atoms with Crippen LogP contribution in [0.2, 0.25) is 5.02 Å². The van der Waals surface area contributed by atoms with Gasteiger partial charge in [-0.2, -0.15) is 0 Å². The lowest BCUT2D eigenvalue weighted by Crippen LogP contribution is -2.54. The highest BCUT2D eigenvalue weighted by atomic mass is 35.5. The molecule has 4 nitrogen and oxygen atoms in total. The first-order valence-corrected chi connectivity index (χ1v) is 7.96. The number of nitrogens with two attached hydrogens (primary N) is 1. The SMILES string of the molecule is CCC(C)[C@H](N)C(=O)N1CCN(c2ccccc2Cl)CC1.Cl. The highest BCUT2D eigenvalue weighted by Crippen LogP contribution is 2.26. The van der Waals surface area contributed by atoms with Crippen LogP contribution in [0.4, 0.5) is 5.69 Å². The van der Waals surface area contributed by atoms with Crippen molar-refractivity contribution in [1.82, 2.24) is 4.90 Å². The van der Waals surface area contributed by atoms with Gasteiger partial charge in [0.1, 0.15) is 0 Å². The van der Waals surface area contributed by atoms with Crippen LogP contribution in [-0.4, -0.2) is 43.0 Å². The van der Waals surface area contributed by atoms with Gasteiger partial charge < -0.3 is 15.5 Å². The minimum absolute atomic E-state index is 0. The zero-order chi connectivity index (χ0) is 15.4. The highest BCUT2D eigenvalue weighted by molar-refractivity contribution is 6.33. The Bertz CT molecular complexity index is 490. The van der Waals surface area contributed by atoms with Crippen LogP contribution in [0.3, 0.4) is 0 Å². The summed E-state index contributed by atoms with van der Waals surface area (Å²) in [5.74, 6) is 0.294. The Morgan fingerprint density at radius 1 is 1.27 bits per heavy atom. The summed E-state index contributed by atoms with van der Waals surface area (Å²) in [6.45, 7) is 7.09. The number of para-hydroxylation sites is 1. The molecular weight excluding hydrogens is 321 g/mol. The summed E-state index contributed by atoms with van der Waals surface area (Å²) in [5.41, 5.74) is 7.09. The first kappa shape index (κ1) is 19.1. The van der Waals surface area contributed by atoms with Crippen LogP contribution in [0.25, 0.3) is 0 Å². The van der Waals surface area contributed by atoms with E-state index >= 15 is 0 Å². The molecule has 0 aliphatic carbocycles. The van der Waals surface area contributed by atoms with Gasteiger partial charge in [0.05, 0.1) is 16.8 Å². The molecule has 124 valence electrons. The number of amides is 1. The van der Waals surface area contributed by atoms with Crippen molar-refractivity contribution in [1.29, 1.82) is 0 Å². The standard InChI is InChI=1S/C16H24ClN3O.ClH/c1-3-12(2)15(18)16(21)20-10-8-19(9-11-20)14-7-5-4-6-13(14)17;/h4-7,12,15H,3,8-11,18H2,1-2H3;1H/t12?,15-;/m0./s1. The molecule has 2 N–H and O–H groups in total. The van der Waals surface area contributed by atoms with Crippen LogP contribution in [0.1, 0.15) is 20.3 Å². The number of hydrogen-bond donors (Lipinski definition) is 1. The normalized spacial score (nSPS) is 17.6. The van der Waals surface area contributed by atoms with Gasteiger partial charge in [0.15, 0.2) is 0 Å². The van der Waals surface area contributed by atoms with E-state index in [0.717, 1.165) is 30.2 Å². The smallest absolute Gasteiger partial charge is 0.239 e. The molecule has 2 rings (SSSR count). The van der Waals surface area contributed by atoms with Crippen molar-refractivity contribution in [3.63, 3.8) is 0 Å². The molecule has 0 aromatic heterocycles. The van der Waals surface area contributed by atoms with Crippen molar-refractivity contribution in [2.45, 2.75) is 26.3 Å². The topological polar surface area (TPSA) is 49.6 Å². The Balaban J connectivity index is 0.00000242. The van der Waals surface area contributed by atoms with Gasteiger partial charge in [-0.3, -0.25) is 4.79 Å². The maximum Gasteiger partial charge on any atom is 0.239 e. The molecule has 1 aliphatic heterocycles. The predicted molar refractivity (Wildman–Crippen MR) is 94.9 cm³/mol. The summed E-state index contributed by atoms with van der Waals surface area (Å²) in [7, 11) is 0. The lowest BCUT2D eigenvalue weighted by molar-refractivity contribution is -0.134. The maximum atomic E-state index is 12.4. The lowest BCUT2D eigenvalue weighted by Gasteiger charge is -2.38. The first-order chi connectivity index (χ1) is 10.0. The van der Waals surface area contributed by atoms with Crippen LogP contribution in [0, 0.1) is 5.92 Å². The molecule has 1 aromatic rings. The van der Waals surface area contributed by atoms with E-state index in [1.165, 1.54) is 0 Å². The summed E-state index contributed by atoms with van der Waals surface area (Å²) >= 11 is 6.23. The van der Waals surface area contributed by atoms with E-state index in [-0.39, 0.29) is 30.3 Å². The van der Waals surface area contributed by atoms with Crippen LogP contribution in [0.5, 0.6) is 0 Å². The van der Waals surface area contributed by atoms with E-state index in [4.69, 9.17) is 17.3 Å². The molecule has 0 radical (unpaired) electrons. The number of benzene rings is 1. The summed E-state index contributed by atoms with van der Waals surface area (Å²) in [6.07, 6.45) is 0.923. The van der Waals surface area contributed by atoms with Crippen LogP contribution in [0.15, 0.2) is 24.3 Å². The quantitative estimate of drug-likeness (QED) is 0.912. The van der Waals surface area contributed by atoms with Gasteiger partial charge in [0.2, 0.25) is 5.91 Å². The van der Waals surface area contributed by atoms with Crippen molar-refractivity contribution in [3.8, 4) is 0 Å². The van der Waals surface area contributed by atoms with Gasteiger partial charge in [-0.05, 0) is 18.1 Å².